The summed E-state index contributed by atoms with van der Waals surface area (Å²) in [6.45, 7) is 15.3. The molecule has 2 aliphatic rings. The summed E-state index contributed by atoms with van der Waals surface area (Å²) in [6.07, 6.45) is 7.86. The summed E-state index contributed by atoms with van der Waals surface area (Å²) < 4.78 is 9.98. The van der Waals surface area contributed by atoms with E-state index in [2.05, 4.69) is 32.1 Å². The Morgan fingerprint density at radius 3 is 2.10 bits per heavy atom. The van der Waals surface area contributed by atoms with Crippen LogP contribution < -0.4 is 0 Å². The second-order valence-electron chi connectivity index (χ2n) is 11.5. The Kier molecular flexibility index (Phi) is 12.8. The van der Waals surface area contributed by atoms with Crippen LogP contribution in [0.25, 0.3) is 11.1 Å². The van der Waals surface area contributed by atoms with Crippen molar-refractivity contribution in [1.82, 2.24) is 0 Å². The lowest BCUT2D eigenvalue weighted by Crippen LogP contribution is -2.28. The Balaban J connectivity index is 0.000000509. The van der Waals surface area contributed by atoms with E-state index >= 15 is 0 Å². The first-order valence-corrected chi connectivity index (χ1v) is 14.8. The van der Waals surface area contributed by atoms with Crippen molar-refractivity contribution in [2.24, 2.45) is 11.8 Å². The molecule has 5 nitrogen and oxygen atoms in total. The standard InChI is InChI=1S/C28H30O3.C6H12O2.C2H6/c1-18-15-16-20-10-4-5-12-22(20)25(17-18)26(28(30)31-3)27(29)24-14-8-9-19(2)21-11-6-7-13-23(21)24;1-5(7)8-6(2,3)4;1-2/h4-7,10-14,17-19,26H,8-9,15-16H2,1-3H3;1-4H3;1-2H3. The number of fused-ring (bicyclic) bond motifs is 2. The topological polar surface area (TPSA) is 69.7 Å². The third-order valence-corrected chi connectivity index (χ3v) is 7.12. The Bertz CT molecular complexity index is 1260. The molecule has 222 valence electrons. The lowest BCUT2D eigenvalue weighted by molar-refractivity contribution is -0.152. The molecule has 4 rings (SSSR count). The third-order valence-electron chi connectivity index (χ3n) is 7.12. The van der Waals surface area contributed by atoms with Gasteiger partial charge in [0.1, 0.15) is 11.5 Å². The van der Waals surface area contributed by atoms with Crippen LogP contribution in [0.2, 0.25) is 0 Å². The number of rotatable bonds is 4. The van der Waals surface area contributed by atoms with E-state index in [4.69, 9.17) is 9.47 Å². The number of methoxy groups -OCH3 is 1. The van der Waals surface area contributed by atoms with Gasteiger partial charge >= 0.3 is 11.9 Å². The van der Waals surface area contributed by atoms with Crippen LogP contribution >= 0.6 is 0 Å². The summed E-state index contributed by atoms with van der Waals surface area (Å²) in [5.41, 5.74) is 5.40. The minimum atomic E-state index is -0.959. The fourth-order valence-electron chi connectivity index (χ4n) is 5.36. The molecule has 0 heterocycles. The molecule has 2 aromatic carbocycles. The minimum absolute atomic E-state index is 0.163. The number of ketones is 1. The van der Waals surface area contributed by atoms with Gasteiger partial charge in [-0.15, -0.1) is 0 Å². The van der Waals surface area contributed by atoms with Crippen LogP contribution in [-0.4, -0.2) is 30.4 Å². The van der Waals surface area contributed by atoms with Crippen molar-refractivity contribution in [2.75, 3.05) is 7.11 Å². The van der Waals surface area contributed by atoms with Crippen molar-refractivity contribution in [3.63, 3.8) is 0 Å². The van der Waals surface area contributed by atoms with Crippen molar-refractivity contribution >= 4 is 28.9 Å². The Morgan fingerprint density at radius 1 is 0.902 bits per heavy atom. The van der Waals surface area contributed by atoms with Gasteiger partial charge in [0.2, 0.25) is 0 Å². The number of ether oxygens (including phenoxy) is 2. The van der Waals surface area contributed by atoms with Gasteiger partial charge in [0.25, 0.3) is 0 Å². The Labute approximate surface area is 247 Å². The fourth-order valence-corrected chi connectivity index (χ4v) is 5.36. The number of Topliss-reactive ketones (excluding diaryl/α,β-unsaturated/α-hetero) is 1. The van der Waals surface area contributed by atoms with Crippen molar-refractivity contribution < 1.29 is 23.9 Å². The average molecular weight is 561 g/mol. The summed E-state index contributed by atoms with van der Waals surface area (Å²) in [5.74, 6) is -1.19. The zero-order valence-corrected chi connectivity index (χ0v) is 26.4. The number of benzene rings is 2. The molecule has 0 saturated heterocycles. The van der Waals surface area contributed by atoms with Crippen LogP contribution in [0.3, 0.4) is 0 Å². The molecule has 0 saturated carbocycles. The maximum Gasteiger partial charge on any atom is 0.321 e. The molecule has 0 radical (unpaired) electrons. The molecule has 41 heavy (non-hydrogen) atoms. The number of hydrogen-bond donors (Lipinski definition) is 0. The van der Waals surface area contributed by atoms with Crippen LogP contribution in [-0.2, 0) is 30.3 Å². The van der Waals surface area contributed by atoms with Gasteiger partial charge in [0.15, 0.2) is 5.78 Å². The first-order valence-electron chi connectivity index (χ1n) is 14.8. The molecule has 2 aliphatic carbocycles. The van der Waals surface area contributed by atoms with Crippen molar-refractivity contribution in [3.8, 4) is 0 Å². The second kappa shape index (κ2) is 15.5. The highest BCUT2D eigenvalue weighted by atomic mass is 16.6. The van der Waals surface area contributed by atoms with E-state index in [0.29, 0.717) is 11.5 Å². The van der Waals surface area contributed by atoms with E-state index in [-0.39, 0.29) is 23.3 Å². The molecule has 0 N–H and O–H groups in total. The van der Waals surface area contributed by atoms with Gasteiger partial charge in [0.05, 0.1) is 7.11 Å². The normalized spacial score (nSPS) is 18.5. The van der Waals surface area contributed by atoms with Crippen LogP contribution in [0.5, 0.6) is 0 Å². The minimum Gasteiger partial charge on any atom is -0.468 e. The quantitative estimate of drug-likeness (QED) is 0.278. The van der Waals surface area contributed by atoms with Crippen molar-refractivity contribution in [2.45, 2.75) is 92.6 Å². The van der Waals surface area contributed by atoms with Crippen LogP contribution in [0, 0.1) is 11.8 Å². The Hall–Kier alpha value is -3.47. The van der Waals surface area contributed by atoms with Crippen LogP contribution in [0.4, 0.5) is 0 Å². The number of carbonyl (C=O) groups excluding carboxylic acids is 3. The SMILES string of the molecule is CC.CC(=O)OC(C)(C)C.COC(=O)C(C(=O)C1=CCCC(C)c2ccccc21)C1=CC(C)CCc2ccccc21. The monoisotopic (exact) mass is 560 g/mol. The number of hydrogen-bond acceptors (Lipinski definition) is 5. The highest BCUT2D eigenvalue weighted by Gasteiger charge is 2.37. The molecule has 0 fully saturated rings. The van der Waals surface area contributed by atoms with Gasteiger partial charge in [0, 0.05) is 12.5 Å². The van der Waals surface area contributed by atoms with Gasteiger partial charge in [-0.1, -0.05) is 88.4 Å². The summed E-state index contributed by atoms with van der Waals surface area (Å²) in [7, 11) is 1.37. The zero-order valence-electron chi connectivity index (χ0n) is 26.4. The van der Waals surface area contributed by atoms with Crippen molar-refractivity contribution in [3.05, 3.63) is 82.9 Å². The molecule has 3 atom stereocenters. The summed E-state index contributed by atoms with van der Waals surface area (Å²) in [5, 5.41) is 0. The molecule has 2 aromatic rings. The summed E-state index contributed by atoms with van der Waals surface area (Å²) >= 11 is 0. The maximum atomic E-state index is 14.0. The van der Waals surface area contributed by atoms with Gasteiger partial charge in [-0.2, -0.15) is 0 Å². The van der Waals surface area contributed by atoms with E-state index < -0.39 is 11.9 Å². The molecule has 0 aliphatic heterocycles. The Morgan fingerprint density at radius 2 is 1.51 bits per heavy atom. The second-order valence-corrected chi connectivity index (χ2v) is 11.5. The van der Waals surface area contributed by atoms with Crippen LogP contribution in [0.1, 0.15) is 103 Å². The average Bonchev–Trinajstić information content (AvgIpc) is 3.20. The van der Waals surface area contributed by atoms with E-state index in [9.17, 15) is 14.4 Å². The van der Waals surface area contributed by atoms with E-state index in [1.807, 2.05) is 77.1 Å². The van der Waals surface area contributed by atoms with Crippen molar-refractivity contribution in [1.29, 1.82) is 0 Å². The van der Waals surface area contributed by atoms with E-state index in [1.54, 1.807) is 0 Å². The molecular weight excluding hydrogens is 512 g/mol. The molecule has 5 heteroatoms. The number of allylic oxidation sites excluding steroid dienone is 3. The molecular formula is C36H48O5. The smallest absolute Gasteiger partial charge is 0.321 e. The predicted molar refractivity (Wildman–Crippen MR) is 167 cm³/mol. The van der Waals surface area contributed by atoms with Gasteiger partial charge in [-0.3, -0.25) is 14.4 Å². The molecule has 0 bridgehead atoms. The third kappa shape index (κ3) is 9.27. The number of aryl methyl sites for hydroxylation is 1. The van der Waals surface area contributed by atoms with Gasteiger partial charge in [-0.25, -0.2) is 0 Å². The predicted octanol–water partition coefficient (Wildman–Crippen LogP) is 8.37. The first-order chi connectivity index (χ1) is 19.4. The largest absolute Gasteiger partial charge is 0.468 e. The molecule has 0 spiro atoms. The zero-order chi connectivity index (χ0) is 30.7. The lowest BCUT2D eigenvalue weighted by Gasteiger charge is -2.22. The molecule has 0 amide bonds. The molecule has 0 aromatic heterocycles. The van der Waals surface area contributed by atoms with E-state index in [0.717, 1.165) is 42.4 Å². The van der Waals surface area contributed by atoms with Crippen LogP contribution in [0.15, 0.2) is 60.7 Å². The maximum absolute atomic E-state index is 14.0. The highest BCUT2D eigenvalue weighted by Crippen LogP contribution is 2.39. The van der Waals surface area contributed by atoms with Gasteiger partial charge in [-0.05, 0) is 86.1 Å². The van der Waals surface area contributed by atoms with Gasteiger partial charge < -0.3 is 9.47 Å². The first kappa shape index (κ1) is 33.7. The summed E-state index contributed by atoms with van der Waals surface area (Å²) in [6, 6.07) is 16.2. The van der Waals surface area contributed by atoms with E-state index in [1.165, 1.54) is 25.2 Å². The lowest BCUT2D eigenvalue weighted by atomic mass is 9.81. The summed E-state index contributed by atoms with van der Waals surface area (Å²) in [4.78, 5) is 37.4. The molecule has 3 unspecified atom stereocenters. The fraction of sp³-hybridized carbons (Fsp3) is 0.472. The highest BCUT2D eigenvalue weighted by molar-refractivity contribution is 6.31. The number of carbonyl (C=O) groups is 3. The number of esters is 2.